The van der Waals surface area contributed by atoms with Crippen LogP contribution in [0.3, 0.4) is 0 Å². The number of thioether (sulfide) groups is 1. The van der Waals surface area contributed by atoms with Crippen LogP contribution in [-0.4, -0.2) is 11.1 Å². The molecule has 17 heavy (non-hydrogen) atoms. The molecule has 0 atom stereocenters. The van der Waals surface area contributed by atoms with E-state index in [2.05, 4.69) is 15.9 Å². The highest BCUT2D eigenvalue weighted by Crippen LogP contribution is 2.43. The molecule has 1 aromatic rings. The molecule has 0 heterocycles. The molecule has 0 radical (unpaired) electrons. The van der Waals surface area contributed by atoms with E-state index in [0.29, 0.717) is 4.90 Å². The highest BCUT2D eigenvalue weighted by Gasteiger charge is 2.32. The number of alkyl halides is 1. The van der Waals surface area contributed by atoms with Gasteiger partial charge in [0.25, 0.3) is 0 Å². The third-order valence-electron chi connectivity index (χ3n) is 3.37. The fourth-order valence-corrected chi connectivity index (χ4v) is 4.54. The highest BCUT2D eigenvalue weighted by molar-refractivity contribution is 9.09. The molecule has 0 unspecified atom stereocenters. The van der Waals surface area contributed by atoms with Crippen LogP contribution in [0.5, 0.6) is 0 Å². The zero-order valence-corrected chi connectivity index (χ0v) is 11.9. The first-order valence-electron chi connectivity index (χ1n) is 5.79. The minimum Gasteiger partial charge on any atom is -0.207 e. The van der Waals surface area contributed by atoms with E-state index in [1.165, 1.54) is 49.6 Å². The van der Waals surface area contributed by atoms with E-state index in [9.17, 15) is 8.78 Å². The predicted molar refractivity (Wildman–Crippen MR) is 71.8 cm³/mol. The minimum absolute atomic E-state index is 0.267. The second-order valence-electron chi connectivity index (χ2n) is 4.70. The van der Waals surface area contributed by atoms with E-state index in [1.807, 2.05) is 0 Å². The van der Waals surface area contributed by atoms with Crippen LogP contribution >= 0.6 is 27.7 Å². The molecule has 0 amide bonds. The molecule has 0 saturated heterocycles. The van der Waals surface area contributed by atoms with Crippen molar-refractivity contribution in [3.05, 3.63) is 29.8 Å². The molecule has 1 fully saturated rings. The molecule has 2 rings (SSSR count). The largest absolute Gasteiger partial charge is 0.207 e. The minimum atomic E-state index is -0.367. The van der Waals surface area contributed by atoms with Gasteiger partial charge in [0.05, 0.1) is 0 Å². The summed E-state index contributed by atoms with van der Waals surface area (Å²) in [6, 6.07) is 3.65. The van der Waals surface area contributed by atoms with E-state index in [1.54, 1.807) is 0 Å². The second kappa shape index (κ2) is 5.70. The van der Waals surface area contributed by atoms with Crippen molar-refractivity contribution >= 4 is 27.7 Å². The average molecular weight is 321 g/mol. The number of hydrogen-bond donors (Lipinski definition) is 0. The lowest BCUT2D eigenvalue weighted by molar-refractivity contribution is 0.405. The Morgan fingerprint density at radius 3 is 2.59 bits per heavy atom. The van der Waals surface area contributed by atoms with Crippen molar-refractivity contribution in [3.63, 3.8) is 0 Å². The van der Waals surface area contributed by atoms with Crippen LogP contribution in [0.4, 0.5) is 8.78 Å². The van der Waals surface area contributed by atoms with Gasteiger partial charge in [0.15, 0.2) is 0 Å². The van der Waals surface area contributed by atoms with Crippen LogP contribution in [0.25, 0.3) is 0 Å². The SMILES string of the molecule is Fc1ccc(F)c(SCC2(CBr)CCCC2)c1. The maximum absolute atomic E-state index is 13.5. The highest BCUT2D eigenvalue weighted by atomic mass is 79.9. The molecule has 0 nitrogen and oxygen atoms in total. The maximum atomic E-state index is 13.5. The summed E-state index contributed by atoms with van der Waals surface area (Å²) < 4.78 is 26.5. The van der Waals surface area contributed by atoms with Crippen LogP contribution in [-0.2, 0) is 0 Å². The second-order valence-corrected chi connectivity index (χ2v) is 6.28. The normalized spacial score (nSPS) is 18.5. The zero-order valence-electron chi connectivity index (χ0n) is 9.52. The average Bonchev–Trinajstić information content (AvgIpc) is 2.80. The number of rotatable bonds is 4. The zero-order chi connectivity index (χ0) is 12.3. The summed E-state index contributed by atoms with van der Waals surface area (Å²) in [5, 5.41) is 0.948. The lowest BCUT2D eigenvalue weighted by Gasteiger charge is -2.25. The van der Waals surface area contributed by atoms with Crippen molar-refractivity contribution in [2.45, 2.75) is 30.6 Å². The van der Waals surface area contributed by atoms with Crippen LogP contribution in [0.2, 0.25) is 0 Å². The quantitative estimate of drug-likeness (QED) is 0.555. The maximum Gasteiger partial charge on any atom is 0.136 e. The van der Waals surface area contributed by atoms with Gasteiger partial charge in [0.1, 0.15) is 11.6 Å². The summed E-state index contributed by atoms with van der Waals surface area (Å²) in [5.74, 6) is 0.172. The summed E-state index contributed by atoms with van der Waals surface area (Å²) in [5.41, 5.74) is 0.267. The van der Waals surface area contributed by atoms with Gasteiger partial charge in [-0.15, -0.1) is 11.8 Å². The molecule has 0 N–H and O–H groups in total. The summed E-state index contributed by atoms with van der Waals surface area (Å²) >= 11 is 5.00. The first-order chi connectivity index (χ1) is 8.15. The van der Waals surface area contributed by atoms with E-state index < -0.39 is 0 Å². The molecule has 0 aromatic heterocycles. The van der Waals surface area contributed by atoms with Gasteiger partial charge < -0.3 is 0 Å². The van der Waals surface area contributed by atoms with E-state index in [4.69, 9.17) is 0 Å². The third-order valence-corrected chi connectivity index (χ3v) is 5.94. The van der Waals surface area contributed by atoms with Crippen molar-refractivity contribution in [2.75, 3.05) is 11.1 Å². The Bertz CT molecular complexity index is 389. The molecule has 0 bridgehead atoms. The molecule has 0 spiro atoms. The van der Waals surface area contributed by atoms with Crippen molar-refractivity contribution in [2.24, 2.45) is 5.41 Å². The van der Waals surface area contributed by atoms with Crippen molar-refractivity contribution in [1.29, 1.82) is 0 Å². The fourth-order valence-electron chi connectivity index (χ4n) is 2.26. The molecular weight excluding hydrogens is 306 g/mol. The summed E-state index contributed by atoms with van der Waals surface area (Å²) in [6.07, 6.45) is 4.86. The van der Waals surface area contributed by atoms with Crippen LogP contribution in [0.1, 0.15) is 25.7 Å². The van der Waals surface area contributed by atoms with Crippen molar-refractivity contribution in [1.82, 2.24) is 0 Å². The van der Waals surface area contributed by atoms with Gasteiger partial charge in [-0.1, -0.05) is 28.8 Å². The smallest absolute Gasteiger partial charge is 0.136 e. The Morgan fingerprint density at radius 1 is 1.24 bits per heavy atom. The van der Waals surface area contributed by atoms with Gasteiger partial charge in [-0.3, -0.25) is 0 Å². The molecule has 4 heteroatoms. The van der Waals surface area contributed by atoms with E-state index in [-0.39, 0.29) is 17.0 Å². The monoisotopic (exact) mass is 320 g/mol. The molecule has 0 aliphatic heterocycles. The Balaban J connectivity index is 2.03. The first-order valence-corrected chi connectivity index (χ1v) is 7.90. The summed E-state index contributed by atoms with van der Waals surface area (Å²) in [6.45, 7) is 0. The van der Waals surface area contributed by atoms with Gasteiger partial charge in [-0.05, 0) is 36.5 Å². The lowest BCUT2D eigenvalue weighted by Crippen LogP contribution is -2.21. The van der Waals surface area contributed by atoms with Gasteiger partial charge in [0.2, 0.25) is 0 Å². The van der Waals surface area contributed by atoms with Crippen molar-refractivity contribution in [3.8, 4) is 0 Å². The molecule has 1 aromatic carbocycles. The topological polar surface area (TPSA) is 0 Å². The predicted octanol–water partition coefficient (Wildman–Crippen LogP) is 5.01. The van der Waals surface area contributed by atoms with Crippen LogP contribution < -0.4 is 0 Å². The molecular formula is C13H15BrF2S. The van der Waals surface area contributed by atoms with Crippen molar-refractivity contribution < 1.29 is 8.78 Å². The van der Waals surface area contributed by atoms with Gasteiger partial charge in [0, 0.05) is 16.0 Å². The molecule has 94 valence electrons. The van der Waals surface area contributed by atoms with E-state index in [0.717, 1.165) is 17.1 Å². The number of benzene rings is 1. The summed E-state index contributed by atoms with van der Waals surface area (Å²) in [7, 11) is 0. The molecule has 1 saturated carbocycles. The van der Waals surface area contributed by atoms with Gasteiger partial charge in [-0.25, -0.2) is 8.78 Å². The molecule has 1 aliphatic rings. The number of hydrogen-bond acceptors (Lipinski definition) is 1. The fraction of sp³-hybridized carbons (Fsp3) is 0.538. The Labute approximate surface area is 113 Å². The Kier molecular flexibility index (Phi) is 4.47. The Morgan fingerprint density at radius 2 is 1.94 bits per heavy atom. The summed E-state index contributed by atoms with van der Waals surface area (Å²) in [4.78, 5) is 0.428. The lowest BCUT2D eigenvalue weighted by atomic mass is 9.92. The van der Waals surface area contributed by atoms with Gasteiger partial charge in [-0.2, -0.15) is 0 Å². The standard InChI is InChI=1S/C13H15BrF2S/c14-8-13(5-1-2-6-13)9-17-12-7-10(15)3-4-11(12)16/h3-4,7H,1-2,5-6,8-9H2. The van der Waals surface area contributed by atoms with Crippen LogP contribution in [0.15, 0.2) is 23.1 Å². The molecule has 1 aliphatic carbocycles. The van der Waals surface area contributed by atoms with E-state index >= 15 is 0 Å². The van der Waals surface area contributed by atoms with Gasteiger partial charge >= 0.3 is 0 Å². The number of halogens is 3. The third kappa shape index (κ3) is 3.22. The van der Waals surface area contributed by atoms with Crippen LogP contribution in [0, 0.1) is 17.0 Å². The Hall–Kier alpha value is -0.0900. The first kappa shape index (κ1) is 13.3.